The molecule has 0 aromatic heterocycles. The third-order valence-electron chi connectivity index (χ3n) is 5.03. The fourth-order valence-corrected chi connectivity index (χ4v) is 3.96. The summed E-state index contributed by atoms with van der Waals surface area (Å²) >= 11 is 17.4. The van der Waals surface area contributed by atoms with Gasteiger partial charge < -0.3 is 5.32 Å². The van der Waals surface area contributed by atoms with Gasteiger partial charge in [0.05, 0.1) is 26.5 Å². The Morgan fingerprint density at radius 2 is 1.58 bits per heavy atom. The van der Waals surface area contributed by atoms with Gasteiger partial charge in [-0.1, -0.05) is 59.1 Å². The summed E-state index contributed by atoms with van der Waals surface area (Å²) in [4.78, 5) is 23.9. The second kappa shape index (κ2) is 12.3. The molecule has 0 saturated carbocycles. The first-order valence-corrected chi connectivity index (χ1v) is 11.7. The molecule has 0 bridgehead atoms. The average Bonchev–Trinajstić information content (AvgIpc) is 2.76. The number of alkyl halides is 6. The Hall–Kier alpha value is -2.23. The molecule has 1 N–H and O–H groups in total. The van der Waals surface area contributed by atoms with E-state index in [1.54, 1.807) is 6.92 Å². The van der Waals surface area contributed by atoms with Crippen LogP contribution in [0.2, 0.25) is 15.1 Å². The summed E-state index contributed by atoms with van der Waals surface area (Å²) in [6.07, 6.45) is -8.50. The Bertz CT molecular complexity index is 1120. The summed E-state index contributed by atoms with van der Waals surface area (Å²) in [5.41, 5.74) is -2.47. The van der Waals surface area contributed by atoms with Gasteiger partial charge in [-0.3, -0.25) is 9.59 Å². The lowest BCUT2D eigenvalue weighted by Gasteiger charge is -2.18. The zero-order valence-electron chi connectivity index (χ0n) is 18.7. The first-order chi connectivity index (χ1) is 16.6. The van der Waals surface area contributed by atoms with Crippen molar-refractivity contribution >= 4 is 52.6 Å². The van der Waals surface area contributed by atoms with Crippen molar-refractivity contribution in [1.29, 1.82) is 0 Å². The molecule has 1 atom stereocenters. The lowest BCUT2D eigenvalue weighted by atomic mass is 9.94. The number of halogens is 9. The van der Waals surface area contributed by atoms with E-state index >= 15 is 0 Å². The van der Waals surface area contributed by atoms with Gasteiger partial charge in [0.15, 0.2) is 5.78 Å². The van der Waals surface area contributed by atoms with Crippen LogP contribution in [0.1, 0.15) is 59.2 Å². The van der Waals surface area contributed by atoms with Gasteiger partial charge in [0.1, 0.15) is 0 Å². The van der Waals surface area contributed by atoms with Gasteiger partial charge >= 0.3 is 12.4 Å². The standard InChI is InChI=1S/C24H20Cl3F6NO2/c1-2-34-21(36)5-3-4-20(35)15-8-6-13(10-17(15)24(31,32)33)7-9-16(23(28,29)30)14-11-18(25)22(27)19(26)12-14/h6-12,16H,2-5H2,1H3,(H,34,36)/b9-7+. The van der Waals surface area contributed by atoms with Gasteiger partial charge in [0.25, 0.3) is 0 Å². The monoisotopic (exact) mass is 573 g/mol. The SMILES string of the molecule is CCNC(=O)CCCC(=O)c1ccc(/C=C/C(c2cc(Cl)c(Cl)c(Cl)c2)C(F)(F)F)cc1C(F)(F)F. The molecular formula is C24H20Cl3F6NO2. The molecule has 0 aliphatic rings. The van der Waals surface area contributed by atoms with Gasteiger partial charge in [-0.25, -0.2) is 0 Å². The Kier molecular flexibility index (Phi) is 10.3. The van der Waals surface area contributed by atoms with Crippen LogP contribution in [0.25, 0.3) is 6.08 Å². The fraction of sp³-hybridized carbons (Fsp3) is 0.333. The van der Waals surface area contributed by atoms with E-state index in [1.165, 1.54) is 0 Å². The highest BCUT2D eigenvalue weighted by molar-refractivity contribution is 6.48. The molecule has 2 aromatic carbocycles. The summed E-state index contributed by atoms with van der Waals surface area (Å²) in [7, 11) is 0. The van der Waals surface area contributed by atoms with Gasteiger partial charge in [-0.2, -0.15) is 26.3 Å². The van der Waals surface area contributed by atoms with Crippen molar-refractivity contribution in [3.63, 3.8) is 0 Å². The van der Waals surface area contributed by atoms with Gasteiger partial charge in [-0.05, 0) is 42.7 Å². The molecule has 1 unspecified atom stereocenters. The van der Waals surface area contributed by atoms with Crippen molar-refractivity contribution in [2.45, 2.75) is 44.5 Å². The van der Waals surface area contributed by atoms with E-state index in [-0.39, 0.29) is 51.4 Å². The number of rotatable bonds is 9. The number of carbonyl (C=O) groups excluding carboxylic acids is 2. The number of carbonyl (C=O) groups is 2. The number of ketones is 1. The fourth-order valence-electron chi connectivity index (χ4n) is 3.34. The Morgan fingerprint density at radius 1 is 0.972 bits per heavy atom. The molecule has 0 radical (unpaired) electrons. The molecule has 36 heavy (non-hydrogen) atoms. The topological polar surface area (TPSA) is 46.2 Å². The van der Waals surface area contributed by atoms with E-state index in [0.717, 1.165) is 30.3 Å². The predicted octanol–water partition coefficient (Wildman–Crippen LogP) is 8.51. The average molecular weight is 575 g/mol. The van der Waals surface area contributed by atoms with Crippen molar-refractivity contribution in [2.75, 3.05) is 6.54 Å². The summed E-state index contributed by atoms with van der Waals surface area (Å²) in [6.45, 7) is 2.08. The third kappa shape index (κ3) is 8.15. The first kappa shape index (κ1) is 30.0. The van der Waals surface area contributed by atoms with Gasteiger partial charge in [0.2, 0.25) is 5.91 Å². The van der Waals surface area contributed by atoms with Crippen molar-refractivity contribution < 1.29 is 35.9 Å². The summed E-state index contributed by atoms with van der Waals surface area (Å²) in [5, 5.41) is 1.96. The van der Waals surface area contributed by atoms with Crippen LogP contribution in [0.5, 0.6) is 0 Å². The van der Waals surface area contributed by atoms with Crippen LogP contribution in [0.3, 0.4) is 0 Å². The summed E-state index contributed by atoms with van der Waals surface area (Å²) in [5.74, 6) is -3.40. The van der Waals surface area contributed by atoms with Crippen molar-refractivity contribution in [3.05, 3.63) is 73.7 Å². The van der Waals surface area contributed by atoms with Crippen molar-refractivity contribution in [3.8, 4) is 0 Å². The smallest absolute Gasteiger partial charge is 0.356 e. The molecular weight excluding hydrogens is 555 g/mol. The zero-order chi connectivity index (χ0) is 27.3. The highest BCUT2D eigenvalue weighted by Gasteiger charge is 2.40. The number of amides is 1. The Balaban J connectivity index is 2.36. The Labute approximate surface area is 218 Å². The summed E-state index contributed by atoms with van der Waals surface area (Å²) < 4.78 is 82.1. The molecule has 2 rings (SSSR count). The van der Waals surface area contributed by atoms with Crippen LogP contribution in [-0.4, -0.2) is 24.4 Å². The van der Waals surface area contributed by atoms with E-state index in [4.69, 9.17) is 34.8 Å². The minimum atomic E-state index is -4.94. The van der Waals surface area contributed by atoms with Gasteiger partial charge in [-0.15, -0.1) is 0 Å². The van der Waals surface area contributed by atoms with E-state index < -0.39 is 35.2 Å². The lowest BCUT2D eigenvalue weighted by molar-refractivity contribution is -0.139. The van der Waals surface area contributed by atoms with E-state index in [2.05, 4.69) is 5.32 Å². The highest BCUT2D eigenvalue weighted by Crippen LogP contribution is 2.41. The number of nitrogens with one attached hydrogen (secondary N) is 1. The second-order valence-electron chi connectivity index (χ2n) is 7.71. The molecule has 0 fully saturated rings. The van der Waals surface area contributed by atoms with Crippen LogP contribution in [0.4, 0.5) is 26.3 Å². The molecule has 2 aromatic rings. The summed E-state index contributed by atoms with van der Waals surface area (Å²) in [6, 6.07) is 4.57. The molecule has 0 heterocycles. The van der Waals surface area contributed by atoms with Crippen molar-refractivity contribution in [1.82, 2.24) is 5.32 Å². The number of hydrogen-bond acceptors (Lipinski definition) is 2. The molecule has 0 aliphatic carbocycles. The minimum absolute atomic E-state index is 0.0285. The molecule has 3 nitrogen and oxygen atoms in total. The van der Waals surface area contributed by atoms with Crippen LogP contribution in [-0.2, 0) is 11.0 Å². The third-order valence-corrected chi connectivity index (χ3v) is 6.23. The maximum Gasteiger partial charge on any atom is 0.417 e. The molecule has 0 spiro atoms. The normalized spacial score (nSPS) is 13.2. The molecule has 1 amide bonds. The maximum atomic E-state index is 13.7. The van der Waals surface area contributed by atoms with Crippen LogP contribution in [0, 0.1) is 0 Å². The quantitative estimate of drug-likeness (QED) is 0.185. The zero-order valence-corrected chi connectivity index (χ0v) is 20.9. The first-order valence-electron chi connectivity index (χ1n) is 10.6. The van der Waals surface area contributed by atoms with Crippen LogP contribution < -0.4 is 5.32 Å². The number of benzene rings is 2. The lowest BCUT2D eigenvalue weighted by Crippen LogP contribution is -2.22. The van der Waals surface area contributed by atoms with Gasteiger partial charge in [0, 0.05) is 24.9 Å². The van der Waals surface area contributed by atoms with E-state index in [1.807, 2.05) is 0 Å². The minimum Gasteiger partial charge on any atom is -0.356 e. The molecule has 0 saturated heterocycles. The van der Waals surface area contributed by atoms with E-state index in [0.29, 0.717) is 18.7 Å². The predicted molar refractivity (Wildman–Crippen MR) is 128 cm³/mol. The molecule has 0 aliphatic heterocycles. The second-order valence-corrected chi connectivity index (χ2v) is 8.90. The molecule has 196 valence electrons. The van der Waals surface area contributed by atoms with Crippen molar-refractivity contribution in [2.24, 2.45) is 0 Å². The largest absolute Gasteiger partial charge is 0.417 e. The number of Topliss-reactive ketones (excluding diaryl/α,β-unsaturated/α-hetero) is 1. The number of allylic oxidation sites excluding steroid dienone is 1. The molecule has 12 heteroatoms. The maximum absolute atomic E-state index is 13.7. The van der Waals surface area contributed by atoms with E-state index in [9.17, 15) is 35.9 Å². The highest BCUT2D eigenvalue weighted by atomic mass is 35.5. The van der Waals surface area contributed by atoms with Crippen LogP contribution >= 0.6 is 34.8 Å². The number of hydrogen-bond donors (Lipinski definition) is 1. The Morgan fingerprint density at radius 3 is 2.11 bits per heavy atom. The van der Waals surface area contributed by atoms with Crippen LogP contribution in [0.15, 0.2) is 36.4 Å².